The number of hydrogen-bond donors (Lipinski definition) is 1. The summed E-state index contributed by atoms with van der Waals surface area (Å²) >= 11 is 0. The predicted molar refractivity (Wildman–Crippen MR) is 64.0 cm³/mol. The molecule has 1 aliphatic rings. The van der Waals surface area contributed by atoms with E-state index in [1.165, 1.54) is 6.42 Å². The fourth-order valence-corrected chi connectivity index (χ4v) is 2.33. The normalized spacial score (nSPS) is 25.1. The van der Waals surface area contributed by atoms with E-state index >= 15 is 0 Å². The van der Waals surface area contributed by atoms with E-state index in [-0.39, 0.29) is 18.6 Å². The van der Waals surface area contributed by atoms with Crippen LogP contribution < -0.4 is 5.73 Å². The van der Waals surface area contributed by atoms with Gasteiger partial charge in [-0.2, -0.15) is 0 Å². The molecular weight excluding hydrogens is 204 g/mol. The van der Waals surface area contributed by atoms with Gasteiger partial charge in [-0.3, -0.25) is 4.79 Å². The van der Waals surface area contributed by atoms with Crippen molar-refractivity contribution in [1.82, 2.24) is 4.90 Å². The van der Waals surface area contributed by atoms with Crippen molar-refractivity contribution in [2.75, 3.05) is 20.2 Å². The molecule has 2 unspecified atom stereocenters. The standard InChI is InChI=1S/C12H24N2O2/c1-9(2)16-8-12(15)14(3)11-6-4-5-10(11)7-13/h9-11H,4-8,13H2,1-3H3. The average molecular weight is 228 g/mol. The minimum absolute atomic E-state index is 0.0686. The molecule has 1 amide bonds. The summed E-state index contributed by atoms with van der Waals surface area (Å²) in [6, 6.07) is 0.313. The highest BCUT2D eigenvalue weighted by Gasteiger charge is 2.31. The smallest absolute Gasteiger partial charge is 0.248 e. The van der Waals surface area contributed by atoms with Gasteiger partial charge >= 0.3 is 0 Å². The van der Waals surface area contributed by atoms with Gasteiger partial charge in [0.25, 0.3) is 0 Å². The Morgan fingerprint density at radius 3 is 2.75 bits per heavy atom. The molecular formula is C12H24N2O2. The van der Waals surface area contributed by atoms with Crippen molar-refractivity contribution in [1.29, 1.82) is 0 Å². The molecule has 0 aromatic rings. The molecule has 1 aliphatic carbocycles. The average Bonchev–Trinajstić information content (AvgIpc) is 2.72. The van der Waals surface area contributed by atoms with Crippen molar-refractivity contribution in [2.24, 2.45) is 11.7 Å². The van der Waals surface area contributed by atoms with E-state index in [0.717, 1.165) is 12.8 Å². The molecule has 94 valence electrons. The van der Waals surface area contributed by atoms with Gasteiger partial charge in [0.1, 0.15) is 6.61 Å². The van der Waals surface area contributed by atoms with Crippen molar-refractivity contribution in [3.63, 3.8) is 0 Å². The van der Waals surface area contributed by atoms with Crippen LogP contribution in [0.3, 0.4) is 0 Å². The van der Waals surface area contributed by atoms with Gasteiger partial charge in [-0.15, -0.1) is 0 Å². The van der Waals surface area contributed by atoms with E-state index in [0.29, 0.717) is 18.5 Å². The maximum atomic E-state index is 11.9. The van der Waals surface area contributed by atoms with Crippen LogP contribution in [0.2, 0.25) is 0 Å². The molecule has 0 radical (unpaired) electrons. The minimum atomic E-state index is 0.0686. The van der Waals surface area contributed by atoms with E-state index in [2.05, 4.69) is 0 Å². The summed E-state index contributed by atoms with van der Waals surface area (Å²) < 4.78 is 5.33. The SMILES string of the molecule is CC(C)OCC(=O)N(C)C1CCCC1CN. The summed E-state index contributed by atoms with van der Waals surface area (Å²) in [6.45, 7) is 4.73. The zero-order chi connectivity index (χ0) is 12.1. The zero-order valence-electron chi connectivity index (χ0n) is 10.6. The Kier molecular flexibility index (Phi) is 5.22. The van der Waals surface area contributed by atoms with Crippen LogP contribution in [0.25, 0.3) is 0 Å². The molecule has 1 fully saturated rings. The first-order chi connectivity index (χ1) is 7.56. The first-order valence-electron chi connectivity index (χ1n) is 6.13. The first-order valence-corrected chi connectivity index (χ1v) is 6.13. The second kappa shape index (κ2) is 6.21. The number of nitrogens with two attached hydrogens (primary N) is 1. The Labute approximate surface area is 98.1 Å². The Hall–Kier alpha value is -0.610. The first kappa shape index (κ1) is 13.5. The van der Waals surface area contributed by atoms with Crippen LogP contribution in [0.5, 0.6) is 0 Å². The zero-order valence-corrected chi connectivity index (χ0v) is 10.6. The maximum Gasteiger partial charge on any atom is 0.248 e. The molecule has 2 atom stereocenters. The Morgan fingerprint density at radius 2 is 2.19 bits per heavy atom. The molecule has 16 heavy (non-hydrogen) atoms. The van der Waals surface area contributed by atoms with Crippen LogP contribution in [0, 0.1) is 5.92 Å². The van der Waals surface area contributed by atoms with E-state index in [4.69, 9.17) is 10.5 Å². The highest BCUT2D eigenvalue weighted by atomic mass is 16.5. The van der Waals surface area contributed by atoms with Crippen LogP contribution in [-0.4, -0.2) is 43.2 Å². The van der Waals surface area contributed by atoms with E-state index in [9.17, 15) is 4.79 Å². The third kappa shape index (κ3) is 3.46. The molecule has 1 rings (SSSR count). The van der Waals surface area contributed by atoms with Gasteiger partial charge in [-0.1, -0.05) is 6.42 Å². The summed E-state index contributed by atoms with van der Waals surface area (Å²) in [5.41, 5.74) is 5.72. The molecule has 0 heterocycles. The van der Waals surface area contributed by atoms with Crippen LogP contribution in [0.1, 0.15) is 33.1 Å². The Balaban J connectivity index is 2.43. The van der Waals surface area contributed by atoms with Gasteiger partial charge in [-0.05, 0) is 39.2 Å². The Bertz CT molecular complexity index is 231. The summed E-state index contributed by atoms with van der Waals surface area (Å²) in [4.78, 5) is 13.7. The highest BCUT2D eigenvalue weighted by molar-refractivity contribution is 5.77. The van der Waals surface area contributed by atoms with Gasteiger partial charge in [0.05, 0.1) is 6.10 Å². The second-order valence-electron chi connectivity index (χ2n) is 4.86. The van der Waals surface area contributed by atoms with Crippen LogP contribution >= 0.6 is 0 Å². The molecule has 0 aromatic carbocycles. The van der Waals surface area contributed by atoms with Gasteiger partial charge in [0.2, 0.25) is 5.91 Å². The second-order valence-corrected chi connectivity index (χ2v) is 4.86. The Morgan fingerprint density at radius 1 is 1.50 bits per heavy atom. The predicted octanol–water partition coefficient (Wildman–Crippen LogP) is 0.997. The number of amides is 1. The van der Waals surface area contributed by atoms with Crippen LogP contribution in [0.15, 0.2) is 0 Å². The third-order valence-electron chi connectivity index (χ3n) is 3.35. The molecule has 2 N–H and O–H groups in total. The van der Waals surface area contributed by atoms with Gasteiger partial charge in [-0.25, -0.2) is 0 Å². The maximum absolute atomic E-state index is 11.9. The van der Waals surface area contributed by atoms with Crippen molar-refractivity contribution in [3.8, 4) is 0 Å². The van der Waals surface area contributed by atoms with E-state index in [1.807, 2.05) is 25.8 Å². The topological polar surface area (TPSA) is 55.6 Å². The van der Waals surface area contributed by atoms with Crippen molar-refractivity contribution in [3.05, 3.63) is 0 Å². The molecule has 4 nitrogen and oxygen atoms in total. The number of carbonyl (C=O) groups excluding carboxylic acids is 1. The molecule has 1 saturated carbocycles. The fraction of sp³-hybridized carbons (Fsp3) is 0.917. The monoisotopic (exact) mass is 228 g/mol. The fourth-order valence-electron chi connectivity index (χ4n) is 2.33. The summed E-state index contributed by atoms with van der Waals surface area (Å²) in [5.74, 6) is 0.534. The van der Waals surface area contributed by atoms with Crippen molar-refractivity contribution < 1.29 is 9.53 Å². The quantitative estimate of drug-likeness (QED) is 0.763. The molecule has 0 aliphatic heterocycles. The van der Waals surface area contributed by atoms with Crippen molar-refractivity contribution >= 4 is 5.91 Å². The highest BCUT2D eigenvalue weighted by Crippen LogP contribution is 2.28. The summed E-state index contributed by atoms with van der Waals surface area (Å²) in [7, 11) is 1.87. The molecule has 0 spiro atoms. The van der Waals surface area contributed by atoms with E-state index in [1.54, 1.807) is 0 Å². The molecule has 0 aromatic heterocycles. The van der Waals surface area contributed by atoms with E-state index < -0.39 is 0 Å². The minimum Gasteiger partial charge on any atom is -0.369 e. The van der Waals surface area contributed by atoms with Gasteiger partial charge < -0.3 is 15.4 Å². The number of ether oxygens (including phenoxy) is 1. The number of nitrogens with zero attached hydrogens (tertiary/aromatic N) is 1. The molecule has 0 bridgehead atoms. The van der Waals surface area contributed by atoms with Crippen LogP contribution in [-0.2, 0) is 9.53 Å². The lowest BCUT2D eigenvalue weighted by atomic mass is 10.0. The molecule has 0 saturated heterocycles. The van der Waals surface area contributed by atoms with Crippen LogP contribution in [0.4, 0.5) is 0 Å². The lowest BCUT2D eigenvalue weighted by Gasteiger charge is -2.29. The largest absolute Gasteiger partial charge is 0.369 e. The number of likely N-dealkylation sites (N-methyl/N-ethyl adjacent to an activating group) is 1. The lowest BCUT2D eigenvalue weighted by molar-refractivity contribution is -0.139. The lowest BCUT2D eigenvalue weighted by Crippen LogP contribution is -2.43. The summed E-state index contributed by atoms with van der Waals surface area (Å²) in [5, 5.41) is 0. The number of carbonyl (C=O) groups is 1. The number of hydrogen-bond acceptors (Lipinski definition) is 3. The van der Waals surface area contributed by atoms with Gasteiger partial charge in [0, 0.05) is 13.1 Å². The number of rotatable bonds is 5. The third-order valence-corrected chi connectivity index (χ3v) is 3.35. The summed E-state index contributed by atoms with van der Waals surface area (Å²) in [6.07, 6.45) is 3.50. The van der Waals surface area contributed by atoms with Crippen molar-refractivity contribution in [2.45, 2.75) is 45.3 Å². The molecule has 4 heteroatoms. The van der Waals surface area contributed by atoms with Gasteiger partial charge in [0.15, 0.2) is 0 Å².